The number of rotatable bonds is 7. The number of hydrogen-bond donors (Lipinski definition) is 3. The molecule has 6 nitrogen and oxygen atoms in total. The first-order valence-corrected chi connectivity index (χ1v) is 6.07. The zero-order chi connectivity index (χ0) is 14.2. The van der Waals surface area contributed by atoms with Crippen LogP contribution in [0.2, 0.25) is 0 Å². The molecule has 18 heavy (non-hydrogen) atoms. The predicted octanol–water partition coefficient (Wildman–Crippen LogP) is -0.358. The van der Waals surface area contributed by atoms with Crippen molar-refractivity contribution in [3.63, 3.8) is 0 Å². The van der Waals surface area contributed by atoms with Crippen molar-refractivity contribution < 1.29 is 14.3 Å². The first-order valence-electron chi connectivity index (χ1n) is 6.07. The average Bonchev–Trinajstić information content (AvgIpc) is 2.23. The van der Waals surface area contributed by atoms with Crippen molar-refractivity contribution in [1.82, 2.24) is 16.0 Å². The van der Waals surface area contributed by atoms with E-state index in [1.165, 1.54) is 0 Å². The Hall–Kier alpha value is -1.14. The third-order valence-corrected chi connectivity index (χ3v) is 2.08. The summed E-state index contributed by atoms with van der Waals surface area (Å²) in [5, 5.41) is 8.38. The summed E-state index contributed by atoms with van der Waals surface area (Å²) in [6, 6.07) is -0.410. The third kappa shape index (κ3) is 8.95. The minimum atomic E-state index is -0.410. The second-order valence-corrected chi connectivity index (χ2v) is 5.18. The minimum Gasteiger partial charge on any atom is -0.383 e. The summed E-state index contributed by atoms with van der Waals surface area (Å²) in [6.45, 7) is 8.50. The highest BCUT2D eigenvalue weighted by Crippen LogP contribution is 1.97. The van der Waals surface area contributed by atoms with E-state index < -0.39 is 6.04 Å². The van der Waals surface area contributed by atoms with Gasteiger partial charge in [-0.3, -0.25) is 14.9 Å². The van der Waals surface area contributed by atoms with Crippen LogP contribution in [-0.2, 0) is 14.3 Å². The first-order chi connectivity index (χ1) is 8.26. The third-order valence-electron chi connectivity index (χ3n) is 2.08. The van der Waals surface area contributed by atoms with Crippen LogP contribution >= 0.6 is 0 Å². The van der Waals surface area contributed by atoms with Gasteiger partial charge >= 0.3 is 0 Å². The summed E-state index contributed by atoms with van der Waals surface area (Å²) in [4.78, 5) is 23.1. The summed E-state index contributed by atoms with van der Waals surface area (Å²) in [5.74, 6) is -0.269. The molecule has 0 aliphatic carbocycles. The van der Waals surface area contributed by atoms with Gasteiger partial charge in [-0.15, -0.1) is 0 Å². The average molecular weight is 259 g/mol. The van der Waals surface area contributed by atoms with Gasteiger partial charge in [0, 0.05) is 19.2 Å². The highest BCUT2D eigenvalue weighted by atomic mass is 16.5. The molecule has 0 saturated carbocycles. The molecule has 0 heterocycles. The van der Waals surface area contributed by atoms with Crippen molar-refractivity contribution in [1.29, 1.82) is 0 Å². The minimum absolute atomic E-state index is 0.121. The molecule has 1 unspecified atom stereocenters. The summed E-state index contributed by atoms with van der Waals surface area (Å²) in [5.41, 5.74) is -0.261. The van der Waals surface area contributed by atoms with Gasteiger partial charge in [0.05, 0.1) is 19.2 Å². The Balaban J connectivity index is 3.84. The molecule has 1 atom stereocenters. The topological polar surface area (TPSA) is 79.5 Å². The molecule has 0 bridgehead atoms. The normalized spacial score (nSPS) is 12.9. The van der Waals surface area contributed by atoms with Crippen LogP contribution in [0.3, 0.4) is 0 Å². The van der Waals surface area contributed by atoms with Crippen LogP contribution in [0.15, 0.2) is 0 Å². The van der Waals surface area contributed by atoms with Crippen LogP contribution in [0.25, 0.3) is 0 Å². The summed E-state index contributed by atoms with van der Waals surface area (Å²) in [6.07, 6.45) is 0. The van der Waals surface area contributed by atoms with Crippen molar-refractivity contribution in [3.05, 3.63) is 0 Å². The Morgan fingerprint density at radius 2 is 1.89 bits per heavy atom. The van der Waals surface area contributed by atoms with Crippen LogP contribution < -0.4 is 16.0 Å². The van der Waals surface area contributed by atoms with Crippen LogP contribution in [0.5, 0.6) is 0 Å². The first kappa shape index (κ1) is 16.9. The molecule has 0 radical (unpaired) electrons. The van der Waals surface area contributed by atoms with Gasteiger partial charge in [0.1, 0.15) is 0 Å². The fourth-order valence-corrected chi connectivity index (χ4v) is 1.23. The zero-order valence-corrected chi connectivity index (χ0v) is 11.9. The standard InChI is InChI=1S/C12H25N3O3/c1-9(11(17)13-6-7-18-5)14-8-10(16)15-12(2,3)4/h9,14H,6-8H2,1-5H3,(H,13,17)(H,15,16). The van der Waals surface area contributed by atoms with Crippen molar-refractivity contribution >= 4 is 11.8 Å². The molecular formula is C12H25N3O3. The summed E-state index contributed by atoms with van der Waals surface area (Å²) < 4.78 is 4.83. The largest absolute Gasteiger partial charge is 0.383 e. The Bertz CT molecular complexity index is 274. The second kappa shape index (κ2) is 8.05. The molecule has 0 aromatic heterocycles. The quantitative estimate of drug-likeness (QED) is 0.546. The lowest BCUT2D eigenvalue weighted by Crippen LogP contribution is -2.49. The van der Waals surface area contributed by atoms with Crippen LogP contribution in [-0.4, -0.2) is 50.2 Å². The molecule has 3 N–H and O–H groups in total. The lowest BCUT2D eigenvalue weighted by Gasteiger charge is -2.21. The van der Waals surface area contributed by atoms with Gasteiger partial charge in [-0.1, -0.05) is 0 Å². The smallest absolute Gasteiger partial charge is 0.236 e. The maximum absolute atomic E-state index is 11.6. The fourth-order valence-electron chi connectivity index (χ4n) is 1.23. The van der Waals surface area contributed by atoms with E-state index in [-0.39, 0.29) is 23.9 Å². The lowest BCUT2D eigenvalue weighted by atomic mass is 10.1. The van der Waals surface area contributed by atoms with Crippen LogP contribution in [0.4, 0.5) is 0 Å². The van der Waals surface area contributed by atoms with Gasteiger partial charge in [-0.2, -0.15) is 0 Å². The lowest BCUT2D eigenvalue weighted by molar-refractivity contribution is -0.124. The monoisotopic (exact) mass is 259 g/mol. The predicted molar refractivity (Wildman–Crippen MR) is 70.2 cm³/mol. The van der Waals surface area contributed by atoms with Crippen LogP contribution in [0.1, 0.15) is 27.7 Å². The number of ether oxygens (including phenoxy) is 1. The SMILES string of the molecule is COCCNC(=O)C(C)NCC(=O)NC(C)(C)C. The van der Waals surface area contributed by atoms with Crippen molar-refractivity contribution in [2.45, 2.75) is 39.3 Å². The van der Waals surface area contributed by atoms with Crippen molar-refractivity contribution in [2.24, 2.45) is 0 Å². The molecule has 0 rings (SSSR count). The van der Waals surface area contributed by atoms with E-state index in [2.05, 4.69) is 16.0 Å². The molecule has 0 aromatic rings. The molecule has 0 aliphatic rings. The van der Waals surface area contributed by atoms with Gasteiger partial charge in [-0.05, 0) is 27.7 Å². The summed E-state index contributed by atoms with van der Waals surface area (Å²) >= 11 is 0. The molecule has 0 spiro atoms. The van der Waals surface area contributed by atoms with E-state index in [1.54, 1.807) is 14.0 Å². The number of hydrogen-bond acceptors (Lipinski definition) is 4. The van der Waals surface area contributed by atoms with E-state index in [4.69, 9.17) is 4.74 Å². The molecular weight excluding hydrogens is 234 g/mol. The molecule has 0 fully saturated rings. The number of carbonyl (C=O) groups excluding carboxylic acids is 2. The van der Waals surface area contributed by atoms with Crippen LogP contribution in [0, 0.1) is 0 Å². The molecule has 0 aromatic carbocycles. The maximum atomic E-state index is 11.6. The molecule has 0 aliphatic heterocycles. The van der Waals surface area contributed by atoms with Crippen molar-refractivity contribution in [2.75, 3.05) is 26.8 Å². The number of methoxy groups -OCH3 is 1. The van der Waals surface area contributed by atoms with Gasteiger partial charge < -0.3 is 15.4 Å². The van der Waals surface area contributed by atoms with Gasteiger partial charge in [-0.25, -0.2) is 0 Å². The highest BCUT2D eigenvalue weighted by Gasteiger charge is 2.16. The molecule has 0 saturated heterocycles. The van der Waals surface area contributed by atoms with E-state index in [0.717, 1.165) is 0 Å². The maximum Gasteiger partial charge on any atom is 0.236 e. The number of amides is 2. The highest BCUT2D eigenvalue weighted by molar-refractivity contribution is 5.83. The molecule has 106 valence electrons. The Morgan fingerprint density at radius 3 is 2.39 bits per heavy atom. The van der Waals surface area contributed by atoms with Gasteiger partial charge in [0.25, 0.3) is 0 Å². The van der Waals surface area contributed by atoms with Crippen molar-refractivity contribution in [3.8, 4) is 0 Å². The number of nitrogens with one attached hydrogen (secondary N) is 3. The van der Waals surface area contributed by atoms with E-state index in [1.807, 2.05) is 20.8 Å². The van der Waals surface area contributed by atoms with Gasteiger partial charge in [0.2, 0.25) is 11.8 Å². The van der Waals surface area contributed by atoms with E-state index in [0.29, 0.717) is 13.2 Å². The molecule has 6 heteroatoms. The van der Waals surface area contributed by atoms with E-state index >= 15 is 0 Å². The Morgan fingerprint density at radius 1 is 1.28 bits per heavy atom. The number of carbonyl (C=O) groups is 2. The Labute approximate surface area is 109 Å². The second-order valence-electron chi connectivity index (χ2n) is 5.18. The molecule has 2 amide bonds. The summed E-state index contributed by atoms with van der Waals surface area (Å²) in [7, 11) is 1.57. The zero-order valence-electron chi connectivity index (χ0n) is 11.9. The van der Waals surface area contributed by atoms with Gasteiger partial charge in [0.15, 0.2) is 0 Å². The fraction of sp³-hybridized carbons (Fsp3) is 0.833. The Kier molecular flexibility index (Phi) is 7.54. The van der Waals surface area contributed by atoms with E-state index in [9.17, 15) is 9.59 Å².